The lowest BCUT2D eigenvalue weighted by Gasteiger charge is -2.56. The van der Waals surface area contributed by atoms with E-state index in [1.807, 2.05) is 61.2 Å². The zero-order valence-electron chi connectivity index (χ0n) is 17.9. The summed E-state index contributed by atoms with van der Waals surface area (Å²) in [6.07, 6.45) is 0. The standard InChI is InChI=1S/C25H21BrClN3O2S/c1-14-6-11-20-19(12-14)22-21(23(31)28-17-9-7-16(27)8-10-17)25(2,32-20)30(24(33)29-22)18-5-3-4-15(26)13-18/h3-13,21-22H,1-2H3,(H,28,31)(H,29,33)/t21-,22-,25-/m1/s1. The molecule has 3 aromatic rings. The maximum atomic E-state index is 13.8. The quantitative estimate of drug-likeness (QED) is 0.386. The molecule has 5 rings (SSSR count). The summed E-state index contributed by atoms with van der Waals surface area (Å²) in [6.45, 7) is 3.94. The highest BCUT2D eigenvalue weighted by molar-refractivity contribution is 9.10. The van der Waals surface area contributed by atoms with Gasteiger partial charge >= 0.3 is 0 Å². The van der Waals surface area contributed by atoms with Crippen molar-refractivity contribution in [3.8, 4) is 5.75 Å². The fraction of sp³-hybridized carbons (Fsp3) is 0.200. The summed E-state index contributed by atoms with van der Waals surface area (Å²) < 4.78 is 7.52. The first kappa shape index (κ1) is 22.2. The molecular weight excluding hydrogens is 522 g/mol. The molecule has 8 heteroatoms. The van der Waals surface area contributed by atoms with Crippen LogP contribution in [0, 0.1) is 12.8 Å². The summed E-state index contributed by atoms with van der Waals surface area (Å²) in [4.78, 5) is 15.7. The average Bonchev–Trinajstić information content (AvgIpc) is 2.75. The highest BCUT2D eigenvalue weighted by atomic mass is 79.9. The number of ether oxygens (including phenoxy) is 1. The Kier molecular flexibility index (Phi) is 5.59. The van der Waals surface area contributed by atoms with Crippen molar-refractivity contribution in [3.63, 3.8) is 0 Å². The predicted molar refractivity (Wildman–Crippen MR) is 139 cm³/mol. The van der Waals surface area contributed by atoms with Crippen LogP contribution in [0.2, 0.25) is 5.02 Å². The Morgan fingerprint density at radius 2 is 1.94 bits per heavy atom. The van der Waals surface area contributed by atoms with Gasteiger partial charge in [0, 0.05) is 26.4 Å². The van der Waals surface area contributed by atoms with Gasteiger partial charge in [-0.2, -0.15) is 0 Å². The molecule has 0 aliphatic carbocycles. The molecule has 3 atom stereocenters. The number of benzene rings is 3. The summed E-state index contributed by atoms with van der Waals surface area (Å²) in [5, 5.41) is 7.58. The van der Waals surface area contributed by atoms with Crippen molar-refractivity contribution in [1.29, 1.82) is 0 Å². The lowest BCUT2D eigenvalue weighted by molar-refractivity contribution is -0.130. The summed E-state index contributed by atoms with van der Waals surface area (Å²) >= 11 is 15.4. The number of aryl methyl sites for hydroxylation is 1. The second kappa shape index (κ2) is 8.31. The van der Waals surface area contributed by atoms with Crippen LogP contribution < -0.4 is 20.3 Å². The minimum absolute atomic E-state index is 0.174. The normalized spacial score (nSPS) is 23.3. The number of nitrogens with one attached hydrogen (secondary N) is 2. The van der Waals surface area contributed by atoms with Crippen molar-refractivity contribution >= 4 is 62.1 Å². The molecule has 0 saturated carbocycles. The van der Waals surface area contributed by atoms with E-state index >= 15 is 0 Å². The second-order valence-corrected chi connectivity index (χ2v) is 10.2. The van der Waals surface area contributed by atoms with Crippen molar-refractivity contribution in [2.75, 3.05) is 10.2 Å². The van der Waals surface area contributed by atoms with E-state index in [0.29, 0.717) is 15.8 Å². The lowest BCUT2D eigenvalue weighted by atomic mass is 9.78. The lowest BCUT2D eigenvalue weighted by Crippen LogP contribution is -2.72. The van der Waals surface area contributed by atoms with Gasteiger partial charge in [-0.3, -0.25) is 9.69 Å². The number of hydrogen-bond acceptors (Lipinski definition) is 3. The molecule has 1 fully saturated rings. The van der Waals surface area contributed by atoms with Gasteiger partial charge in [-0.25, -0.2) is 0 Å². The van der Waals surface area contributed by atoms with Crippen LogP contribution in [-0.4, -0.2) is 16.7 Å². The van der Waals surface area contributed by atoms with Gasteiger partial charge in [0.1, 0.15) is 11.7 Å². The zero-order chi connectivity index (χ0) is 23.3. The van der Waals surface area contributed by atoms with E-state index in [2.05, 4.69) is 26.6 Å². The Balaban J connectivity index is 1.63. The van der Waals surface area contributed by atoms with E-state index in [9.17, 15) is 4.79 Å². The van der Waals surface area contributed by atoms with Crippen molar-refractivity contribution in [1.82, 2.24) is 5.32 Å². The Hall–Kier alpha value is -2.61. The Morgan fingerprint density at radius 3 is 2.67 bits per heavy atom. The van der Waals surface area contributed by atoms with Gasteiger partial charge in [0.2, 0.25) is 5.91 Å². The average molecular weight is 543 g/mol. The molecule has 2 bridgehead atoms. The Bertz CT molecular complexity index is 1270. The van der Waals surface area contributed by atoms with Crippen LogP contribution in [0.15, 0.2) is 71.2 Å². The van der Waals surface area contributed by atoms with Gasteiger partial charge in [0.05, 0.1) is 6.04 Å². The highest BCUT2D eigenvalue weighted by Gasteiger charge is 2.59. The second-order valence-electron chi connectivity index (χ2n) is 8.41. The Morgan fingerprint density at radius 1 is 1.18 bits per heavy atom. The molecule has 0 radical (unpaired) electrons. The maximum Gasteiger partial charge on any atom is 0.236 e. The number of halogens is 2. The molecule has 0 aromatic heterocycles. The van der Waals surface area contributed by atoms with Gasteiger partial charge in [-0.05, 0) is 74.6 Å². The van der Waals surface area contributed by atoms with Gasteiger partial charge in [0.15, 0.2) is 10.8 Å². The highest BCUT2D eigenvalue weighted by Crippen LogP contribution is 2.50. The third kappa shape index (κ3) is 3.88. The number of rotatable bonds is 3. The SMILES string of the molecule is Cc1ccc2c(c1)[C@H]1NC(=S)N(c3cccc(Br)c3)[C@](C)(O2)[C@H]1C(=O)Nc1ccc(Cl)cc1. The van der Waals surface area contributed by atoms with Crippen LogP contribution in [0.25, 0.3) is 0 Å². The third-order valence-electron chi connectivity index (χ3n) is 6.11. The molecule has 3 aromatic carbocycles. The molecule has 2 N–H and O–H groups in total. The van der Waals surface area contributed by atoms with Crippen LogP contribution >= 0.6 is 39.7 Å². The van der Waals surface area contributed by atoms with E-state index < -0.39 is 11.6 Å². The number of fused-ring (bicyclic) bond motifs is 4. The first-order valence-corrected chi connectivity index (χ1v) is 12.1. The van der Waals surface area contributed by atoms with E-state index in [1.54, 1.807) is 24.3 Å². The smallest absolute Gasteiger partial charge is 0.236 e. The van der Waals surface area contributed by atoms with Crippen molar-refractivity contribution in [2.45, 2.75) is 25.6 Å². The van der Waals surface area contributed by atoms with Crippen LogP contribution in [0.5, 0.6) is 5.75 Å². The fourth-order valence-corrected chi connectivity index (χ4v) is 5.59. The van der Waals surface area contributed by atoms with Gasteiger partial charge in [-0.1, -0.05) is 51.3 Å². The molecule has 2 aliphatic rings. The van der Waals surface area contributed by atoms with Crippen LogP contribution in [0.3, 0.4) is 0 Å². The van der Waals surface area contributed by atoms with Crippen molar-refractivity contribution in [3.05, 3.63) is 87.4 Å². The van der Waals surface area contributed by atoms with Crippen molar-refractivity contribution < 1.29 is 9.53 Å². The molecule has 1 saturated heterocycles. The minimum Gasteiger partial charge on any atom is -0.467 e. The van der Waals surface area contributed by atoms with Crippen LogP contribution in [0.1, 0.15) is 24.1 Å². The zero-order valence-corrected chi connectivity index (χ0v) is 21.1. The monoisotopic (exact) mass is 541 g/mol. The summed E-state index contributed by atoms with van der Waals surface area (Å²) in [5.41, 5.74) is 2.42. The molecule has 5 nitrogen and oxygen atoms in total. The third-order valence-corrected chi connectivity index (χ3v) is 7.16. The molecule has 168 valence electrons. The number of anilines is 2. The Labute approximate surface area is 211 Å². The summed E-state index contributed by atoms with van der Waals surface area (Å²) in [7, 11) is 0. The van der Waals surface area contributed by atoms with Gasteiger partial charge in [-0.15, -0.1) is 0 Å². The topological polar surface area (TPSA) is 53.6 Å². The van der Waals surface area contributed by atoms with Crippen molar-refractivity contribution in [2.24, 2.45) is 5.92 Å². The number of amides is 1. The maximum absolute atomic E-state index is 13.8. The van der Waals surface area contributed by atoms with E-state index in [4.69, 9.17) is 28.6 Å². The predicted octanol–water partition coefficient (Wildman–Crippen LogP) is 6.21. The number of hydrogen-bond donors (Lipinski definition) is 2. The molecule has 33 heavy (non-hydrogen) atoms. The summed E-state index contributed by atoms with van der Waals surface area (Å²) in [5.74, 6) is -0.0428. The number of carbonyl (C=O) groups excluding carboxylic acids is 1. The molecular formula is C25H21BrClN3O2S. The summed E-state index contributed by atoms with van der Waals surface area (Å²) in [6, 6.07) is 20.5. The van der Waals surface area contributed by atoms with Gasteiger partial charge in [0.25, 0.3) is 0 Å². The number of nitrogens with zero attached hydrogens (tertiary/aromatic N) is 1. The largest absolute Gasteiger partial charge is 0.467 e. The number of carbonyl (C=O) groups is 1. The van der Waals surface area contributed by atoms with Crippen LogP contribution in [-0.2, 0) is 4.79 Å². The fourth-order valence-electron chi connectivity index (χ4n) is 4.66. The van der Waals surface area contributed by atoms with Crippen LogP contribution in [0.4, 0.5) is 11.4 Å². The molecule has 1 amide bonds. The molecule has 2 aliphatic heterocycles. The van der Waals surface area contributed by atoms with E-state index in [1.165, 1.54) is 0 Å². The minimum atomic E-state index is -1.06. The van der Waals surface area contributed by atoms with E-state index in [0.717, 1.165) is 27.0 Å². The number of thiocarbonyl (C=S) groups is 1. The van der Waals surface area contributed by atoms with E-state index in [-0.39, 0.29) is 11.9 Å². The molecule has 0 unspecified atom stereocenters. The molecule has 2 heterocycles. The van der Waals surface area contributed by atoms with Gasteiger partial charge < -0.3 is 15.4 Å². The first-order valence-electron chi connectivity index (χ1n) is 10.5. The first-order chi connectivity index (χ1) is 15.8. The molecule has 0 spiro atoms.